The molecule has 0 aliphatic carbocycles. The van der Waals surface area contributed by atoms with Crippen LogP contribution >= 0.6 is 22.7 Å². The zero-order valence-electron chi connectivity index (χ0n) is 35.4. The number of rotatable bonds is 11. The Kier molecular flexibility index (Phi) is 13.6. The topological polar surface area (TPSA) is 116 Å². The van der Waals surface area contributed by atoms with Crippen LogP contribution in [0, 0.1) is 0 Å². The number of hydrogen-bond acceptors (Lipinski definition) is 7. The van der Waals surface area contributed by atoms with Crippen LogP contribution in [0.15, 0.2) is 146 Å². The van der Waals surface area contributed by atoms with E-state index >= 15 is 0 Å². The van der Waals surface area contributed by atoms with Gasteiger partial charge in [0, 0.05) is 38.4 Å². The van der Waals surface area contributed by atoms with Crippen molar-refractivity contribution < 1.29 is 56.0 Å². The fourth-order valence-electron chi connectivity index (χ4n) is 7.36. The molecule has 0 aliphatic heterocycles. The highest BCUT2D eigenvalue weighted by Crippen LogP contribution is 2.44. The van der Waals surface area contributed by atoms with Gasteiger partial charge in [0.2, 0.25) is 0 Å². The molecule has 4 N–H and O–H groups in total. The number of carboxylic acids is 1. The van der Waals surface area contributed by atoms with Gasteiger partial charge in [-0.1, -0.05) is 84.9 Å². The van der Waals surface area contributed by atoms with Crippen LogP contribution < -0.4 is 5.32 Å². The molecule has 0 aliphatic rings. The summed E-state index contributed by atoms with van der Waals surface area (Å²) in [7, 11) is 1.56. The van der Waals surface area contributed by atoms with Crippen LogP contribution in [0.25, 0.3) is 42.4 Å². The van der Waals surface area contributed by atoms with E-state index in [1.54, 1.807) is 55.6 Å². The first-order valence-corrected chi connectivity index (χ1v) is 21.9. The summed E-state index contributed by atoms with van der Waals surface area (Å²) in [5, 5.41) is 36.2. The van der Waals surface area contributed by atoms with Crippen molar-refractivity contribution in [1.82, 2.24) is 5.32 Å². The molecule has 6 aromatic carbocycles. The average Bonchev–Trinajstić information content (AvgIpc) is 3.96. The molecular weight excluding hydrogens is 901 g/mol. The van der Waals surface area contributed by atoms with Crippen molar-refractivity contribution in [1.29, 1.82) is 0 Å². The maximum atomic E-state index is 13.2. The number of fused-ring (bicyclic) bond motifs is 2. The zero-order valence-corrected chi connectivity index (χ0v) is 37.1. The van der Waals surface area contributed by atoms with Gasteiger partial charge in [0.05, 0.1) is 23.3 Å². The number of alkyl halides is 6. The summed E-state index contributed by atoms with van der Waals surface area (Å²) in [5.74, 6) is -1.25. The number of aliphatic hydroxyl groups is 2. The number of nitrogens with one attached hydrogen (secondary N) is 1. The Balaban J connectivity index is 0.000000198. The molecule has 340 valence electrons. The Morgan fingerprint density at radius 2 is 0.970 bits per heavy atom. The van der Waals surface area contributed by atoms with E-state index < -0.39 is 40.7 Å². The molecule has 66 heavy (non-hydrogen) atoms. The maximum Gasteiger partial charge on any atom is 0.416 e. The molecule has 2 atom stereocenters. The van der Waals surface area contributed by atoms with Gasteiger partial charge in [-0.2, -0.15) is 26.3 Å². The van der Waals surface area contributed by atoms with E-state index in [1.165, 1.54) is 66.9 Å². The van der Waals surface area contributed by atoms with E-state index in [0.717, 1.165) is 61.1 Å². The third-order valence-electron chi connectivity index (χ3n) is 11.0. The first kappa shape index (κ1) is 47.6. The number of amides is 1. The number of halogens is 6. The standard InChI is InChI=1S/C27H24F3NO3S.C24H17F3O3S/c1-26(33,20-9-5-10-21(16-20)27(28,29)30)23-15-18-7-4-11-22(24(18)35-23)17-6-3-8-19(14-17)25(32)31-12-13-34-2;1-23(30,17-8-4-9-18(13-17)24(25,26)27)20-12-15-6-3-10-19(21(15)31-20)14-5-2-7-16(11-14)22(28)29/h3-11,14-16,33H,12-13H2,1-2H3,(H,31,32);2-13,30H,1H3,(H,28,29). The maximum absolute atomic E-state index is 13.2. The van der Waals surface area contributed by atoms with Crippen LogP contribution in [0.1, 0.15) is 66.6 Å². The fourth-order valence-corrected chi connectivity index (χ4v) is 9.88. The summed E-state index contributed by atoms with van der Waals surface area (Å²) in [6.07, 6.45) is -9.01. The summed E-state index contributed by atoms with van der Waals surface area (Å²) in [6, 6.07) is 37.9. The van der Waals surface area contributed by atoms with E-state index in [2.05, 4.69) is 5.32 Å². The molecule has 2 aromatic heterocycles. The van der Waals surface area contributed by atoms with E-state index in [4.69, 9.17) is 4.74 Å². The fraction of sp³-hybridized carbons (Fsp3) is 0.176. The monoisotopic (exact) mass is 941 g/mol. The molecule has 0 radical (unpaired) electrons. The molecule has 1 amide bonds. The van der Waals surface area contributed by atoms with E-state index in [-0.39, 0.29) is 22.6 Å². The molecule has 0 bridgehead atoms. The normalized spacial score (nSPS) is 13.7. The molecule has 0 spiro atoms. The highest BCUT2D eigenvalue weighted by atomic mass is 32.1. The minimum atomic E-state index is -4.51. The molecule has 0 fully saturated rings. The molecule has 2 heterocycles. The second kappa shape index (κ2) is 18.9. The van der Waals surface area contributed by atoms with Gasteiger partial charge in [-0.15, -0.1) is 22.7 Å². The first-order chi connectivity index (χ1) is 31.2. The second-order valence-corrected chi connectivity index (χ2v) is 17.8. The van der Waals surface area contributed by atoms with E-state index in [0.29, 0.717) is 34.0 Å². The number of carbonyl (C=O) groups excluding carboxylic acids is 1. The number of hydrogen-bond donors (Lipinski definition) is 4. The van der Waals surface area contributed by atoms with Gasteiger partial charge >= 0.3 is 18.3 Å². The van der Waals surface area contributed by atoms with Gasteiger partial charge < -0.3 is 25.4 Å². The first-order valence-electron chi connectivity index (χ1n) is 20.3. The van der Waals surface area contributed by atoms with Gasteiger partial charge in [0.15, 0.2) is 0 Å². The van der Waals surface area contributed by atoms with Crippen molar-refractivity contribution in [2.75, 3.05) is 20.3 Å². The lowest BCUT2D eigenvalue weighted by atomic mass is 9.92. The highest BCUT2D eigenvalue weighted by Gasteiger charge is 2.36. The largest absolute Gasteiger partial charge is 0.478 e. The van der Waals surface area contributed by atoms with Crippen LogP contribution in [0.5, 0.6) is 0 Å². The number of carbonyl (C=O) groups is 2. The Bertz CT molecular complexity index is 3060. The van der Waals surface area contributed by atoms with Crippen molar-refractivity contribution in [3.63, 3.8) is 0 Å². The Labute approximate surface area is 383 Å². The Morgan fingerprint density at radius 3 is 1.41 bits per heavy atom. The van der Waals surface area contributed by atoms with Gasteiger partial charge in [0.1, 0.15) is 11.2 Å². The predicted octanol–water partition coefficient (Wildman–Crippen LogP) is 12.8. The second-order valence-electron chi connectivity index (χ2n) is 15.7. The highest BCUT2D eigenvalue weighted by molar-refractivity contribution is 7.20. The number of methoxy groups -OCH3 is 1. The number of thiophene rings is 2. The number of carboxylic acid groups (broad SMARTS) is 1. The van der Waals surface area contributed by atoms with Crippen LogP contribution in [-0.2, 0) is 28.3 Å². The zero-order chi connectivity index (χ0) is 47.6. The van der Waals surface area contributed by atoms with E-state index in [9.17, 15) is 51.3 Å². The molecule has 8 rings (SSSR count). The third kappa shape index (κ3) is 10.2. The minimum absolute atomic E-state index is 0.142. The van der Waals surface area contributed by atoms with Gasteiger partial charge in [-0.3, -0.25) is 4.79 Å². The quantitative estimate of drug-likeness (QED) is 0.0758. The minimum Gasteiger partial charge on any atom is -0.478 e. The van der Waals surface area contributed by atoms with Crippen molar-refractivity contribution >= 4 is 54.7 Å². The lowest BCUT2D eigenvalue weighted by Crippen LogP contribution is -2.26. The molecule has 0 saturated heterocycles. The number of ether oxygens (including phenoxy) is 1. The van der Waals surface area contributed by atoms with Crippen molar-refractivity contribution in [3.05, 3.63) is 189 Å². The smallest absolute Gasteiger partial charge is 0.416 e. The summed E-state index contributed by atoms with van der Waals surface area (Å²) < 4.78 is 85.7. The molecule has 0 saturated carbocycles. The Hall–Kier alpha value is -6.36. The lowest BCUT2D eigenvalue weighted by molar-refractivity contribution is -0.138. The number of aromatic carboxylic acids is 1. The molecule has 7 nitrogen and oxygen atoms in total. The summed E-state index contributed by atoms with van der Waals surface area (Å²) in [6.45, 7) is 3.78. The van der Waals surface area contributed by atoms with Crippen LogP contribution in [-0.4, -0.2) is 47.5 Å². The predicted molar refractivity (Wildman–Crippen MR) is 246 cm³/mol. The van der Waals surface area contributed by atoms with Gasteiger partial charge in [0.25, 0.3) is 5.91 Å². The van der Waals surface area contributed by atoms with Crippen molar-refractivity contribution in [2.24, 2.45) is 0 Å². The molecule has 2 unspecified atom stereocenters. The van der Waals surface area contributed by atoms with Crippen LogP contribution in [0.3, 0.4) is 0 Å². The molecular formula is C51H41F6NO6S2. The average molecular weight is 942 g/mol. The summed E-state index contributed by atoms with van der Waals surface area (Å²) >= 11 is 2.59. The van der Waals surface area contributed by atoms with Crippen LogP contribution in [0.4, 0.5) is 26.3 Å². The Morgan fingerprint density at radius 1 is 0.561 bits per heavy atom. The van der Waals surface area contributed by atoms with Gasteiger partial charge in [-0.05, 0) is 119 Å². The lowest BCUT2D eigenvalue weighted by Gasteiger charge is -2.23. The van der Waals surface area contributed by atoms with E-state index in [1.807, 2.05) is 42.5 Å². The SMILES string of the molecule is CC(O)(c1cccc(C(F)(F)F)c1)c1cc2cccc(-c3cccc(C(=O)O)c3)c2s1.COCCNC(=O)c1cccc(-c2cccc3cc(C(C)(O)c4cccc(C(F)(F)F)c4)sc23)c1. The number of benzene rings is 6. The van der Waals surface area contributed by atoms with Gasteiger partial charge in [-0.25, -0.2) is 4.79 Å². The van der Waals surface area contributed by atoms with Crippen molar-refractivity contribution in [3.8, 4) is 22.3 Å². The summed E-state index contributed by atoms with van der Waals surface area (Å²) in [5.41, 5.74) is -0.739. The molecule has 8 aromatic rings. The molecule has 15 heteroatoms. The van der Waals surface area contributed by atoms with Crippen molar-refractivity contribution in [2.45, 2.75) is 37.4 Å². The van der Waals surface area contributed by atoms with Crippen LogP contribution in [0.2, 0.25) is 0 Å². The third-order valence-corrected chi connectivity index (χ3v) is 13.8. The summed E-state index contributed by atoms with van der Waals surface area (Å²) in [4.78, 5) is 24.8.